The van der Waals surface area contributed by atoms with Crippen LogP contribution in [0, 0.1) is 6.92 Å². The van der Waals surface area contributed by atoms with E-state index in [1.807, 2.05) is 13.0 Å². The van der Waals surface area contributed by atoms with E-state index in [1.54, 1.807) is 6.07 Å². The Morgan fingerprint density at radius 2 is 2.24 bits per heavy atom. The summed E-state index contributed by atoms with van der Waals surface area (Å²) in [6.45, 7) is 1.53. The second-order valence-corrected chi connectivity index (χ2v) is 4.57. The van der Waals surface area contributed by atoms with E-state index in [4.69, 9.17) is 9.84 Å². The van der Waals surface area contributed by atoms with Crippen LogP contribution < -0.4 is 9.61 Å². The van der Waals surface area contributed by atoms with Crippen molar-refractivity contribution < 1.29 is 14.6 Å². The first-order valence-corrected chi connectivity index (χ1v) is 5.75. The standard InChI is InChI=1S/C11H11NO4S/c1-6-3-4-7(16-2)9-10(6)17-11(15)12(9)5-8(13)14/h3-4H,5H2,1-2H3,(H,13,14). The molecule has 1 N–H and O–H groups in total. The number of aliphatic carboxylic acids is 1. The van der Waals surface area contributed by atoms with Gasteiger partial charge in [0.2, 0.25) is 0 Å². The van der Waals surface area contributed by atoms with Crippen LogP contribution in [0.15, 0.2) is 16.9 Å². The Balaban J connectivity index is 2.82. The molecule has 0 spiro atoms. The third kappa shape index (κ3) is 1.91. The maximum absolute atomic E-state index is 11.8. The number of aromatic nitrogens is 1. The Bertz CT molecular complexity index is 641. The molecule has 6 heteroatoms. The minimum Gasteiger partial charge on any atom is -0.495 e. The number of carboxylic acid groups (broad SMARTS) is 1. The molecule has 2 rings (SSSR count). The van der Waals surface area contributed by atoms with E-state index in [0.29, 0.717) is 11.3 Å². The molecule has 0 bridgehead atoms. The molecule has 0 radical (unpaired) electrons. The lowest BCUT2D eigenvalue weighted by Gasteiger charge is -2.06. The smallest absolute Gasteiger partial charge is 0.323 e. The lowest BCUT2D eigenvalue weighted by Crippen LogP contribution is -2.18. The van der Waals surface area contributed by atoms with Gasteiger partial charge in [0.05, 0.1) is 11.8 Å². The summed E-state index contributed by atoms with van der Waals surface area (Å²) in [7, 11) is 1.50. The highest BCUT2D eigenvalue weighted by molar-refractivity contribution is 7.16. The van der Waals surface area contributed by atoms with Gasteiger partial charge in [0.1, 0.15) is 17.8 Å². The van der Waals surface area contributed by atoms with Crippen LogP contribution in [0.3, 0.4) is 0 Å². The fraction of sp³-hybridized carbons (Fsp3) is 0.273. The summed E-state index contributed by atoms with van der Waals surface area (Å²) in [5, 5.41) is 8.81. The summed E-state index contributed by atoms with van der Waals surface area (Å²) in [5.41, 5.74) is 1.50. The Hall–Kier alpha value is -1.82. The lowest BCUT2D eigenvalue weighted by molar-refractivity contribution is -0.137. The molecule has 0 saturated heterocycles. The minimum atomic E-state index is -1.05. The molecular weight excluding hydrogens is 242 g/mol. The van der Waals surface area contributed by atoms with Gasteiger partial charge < -0.3 is 9.84 Å². The first kappa shape index (κ1) is 11.7. The van der Waals surface area contributed by atoms with E-state index >= 15 is 0 Å². The Morgan fingerprint density at radius 3 is 2.82 bits per heavy atom. The Labute approximate surface area is 101 Å². The molecule has 0 aliphatic rings. The van der Waals surface area contributed by atoms with Gasteiger partial charge in [0.25, 0.3) is 0 Å². The number of rotatable bonds is 3. The van der Waals surface area contributed by atoms with Crippen LogP contribution in [0.25, 0.3) is 10.2 Å². The van der Waals surface area contributed by atoms with Crippen molar-refractivity contribution in [2.75, 3.05) is 7.11 Å². The molecule has 0 aliphatic carbocycles. The molecule has 17 heavy (non-hydrogen) atoms. The summed E-state index contributed by atoms with van der Waals surface area (Å²) < 4.78 is 7.18. The van der Waals surface area contributed by atoms with Gasteiger partial charge in [-0.3, -0.25) is 14.2 Å². The van der Waals surface area contributed by atoms with Gasteiger partial charge in [-0.15, -0.1) is 0 Å². The lowest BCUT2D eigenvalue weighted by atomic mass is 10.2. The van der Waals surface area contributed by atoms with Crippen LogP contribution in [0.4, 0.5) is 0 Å². The number of ether oxygens (including phenoxy) is 1. The molecule has 1 aromatic heterocycles. The highest BCUT2D eigenvalue weighted by atomic mass is 32.1. The molecule has 1 aromatic carbocycles. The summed E-state index contributed by atoms with van der Waals surface area (Å²) >= 11 is 1.04. The average molecular weight is 253 g/mol. The van der Waals surface area contributed by atoms with E-state index in [0.717, 1.165) is 21.6 Å². The second-order valence-electron chi connectivity index (χ2n) is 3.61. The maximum Gasteiger partial charge on any atom is 0.323 e. The number of benzene rings is 1. The summed E-state index contributed by atoms with van der Waals surface area (Å²) in [6.07, 6.45) is 0. The highest BCUT2D eigenvalue weighted by Gasteiger charge is 2.15. The molecule has 0 aliphatic heterocycles. The van der Waals surface area contributed by atoms with E-state index in [1.165, 1.54) is 11.7 Å². The SMILES string of the molecule is COc1ccc(C)c2sc(=O)n(CC(=O)O)c12. The summed E-state index contributed by atoms with van der Waals surface area (Å²) in [4.78, 5) is 22.2. The number of nitrogens with zero attached hydrogens (tertiary/aromatic N) is 1. The van der Waals surface area contributed by atoms with Crippen LogP contribution in [0.2, 0.25) is 0 Å². The fourth-order valence-electron chi connectivity index (χ4n) is 1.72. The number of fused-ring (bicyclic) bond motifs is 1. The van der Waals surface area contributed by atoms with Crippen molar-refractivity contribution in [3.63, 3.8) is 0 Å². The Kier molecular flexibility index (Phi) is 2.89. The normalized spacial score (nSPS) is 10.7. The van der Waals surface area contributed by atoms with E-state index in [-0.39, 0.29) is 11.4 Å². The average Bonchev–Trinajstić information content (AvgIpc) is 2.58. The molecule has 0 amide bonds. The van der Waals surface area contributed by atoms with Gasteiger partial charge in [-0.25, -0.2) is 0 Å². The van der Waals surface area contributed by atoms with Crippen molar-refractivity contribution in [2.45, 2.75) is 13.5 Å². The van der Waals surface area contributed by atoms with Crippen LogP contribution in [0.5, 0.6) is 5.75 Å². The fourth-order valence-corrected chi connectivity index (χ4v) is 2.69. The number of methoxy groups -OCH3 is 1. The summed E-state index contributed by atoms with van der Waals surface area (Å²) in [6, 6.07) is 3.59. The maximum atomic E-state index is 11.8. The number of carboxylic acids is 1. The van der Waals surface area contributed by atoms with Gasteiger partial charge in [-0.2, -0.15) is 0 Å². The molecule has 0 atom stereocenters. The third-order valence-corrected chi connectivity index (χ3v) is 3.60. The molecule has 2 aromatic rings. The van der Waals surface area contributed by atoms with E-state index < -0.39 is 5.97 Å². The van der Waals surface area contributed by atoms with Gasteiger partial charge in [-0.1, -0.05) is 17.4 Å². The van der Waals surface area contributed by atoms with Crippen molar-refractivity contribution in [1.82, 2.24) is 4.57 Å². The van der Waals surface area contributed by atoms with Gasteiger partial charge in [0.15, 0.2) is 0 Å². The Morgan fingerprint density at radius 1 is 1.53 bits per heavy atom. The first-order valence-electron chi connectivity index (χ1n) is 4.93. The largest absolute Gasteiger partial charge is 0.495 e. The van der Waals surface area contributed by atoms with Crippen molar-refractivity contribution in [3.8, 4) is 5.75 Å². The highest BCUT2D eigenvalue weighted by Crippen LogP contribution is 2.30. The zero-order chi connectivity index (χ0) is 12.6. The number of thiazole rings is 1. The van der Waals surface area contributed by atoms with Crippen molar-refractivity contribution >= 4 is 27.5 Å². The predicted molar refractivity (Wildman–Crippen MR) is 65.0 cm³/mol. The predicted octanol–water partition coefficient (Wildman–Crippen LogP) is 1.46. The van der Waals surface area contributed by atoms with Crippen molar-refractivity contribution in [3.05, 3.63) is 27.4 Å². The van der Waals surface area contributed by atoms with Crippen LogP contribution >= 0.6 is 11.3 Å². The van der Waals surface area contributed by atoms with E-state index in [9.17, 15) is 9.59 Å². The monoisotopic (exact) mass is 253 g/mol. The molecule has 0 unspecified atom stereocenters. The van der Waals surface area contributed by atoms with Gasteiger partial charge >= 0.3 is 10.8 Å². The molecule has 90 valence electrons. The zero-order valence-electron chi connectivity index (χ0n) is 9.39. The molecule has 5 nitrogen and oxygen atoms in total. The van der Waals surface area contributed by atoms with Gasteiger partial charge in [0, 0.05) is 0 Å². The quantitative estimate of drug-likeness (QED) is 0.899. The van der Waals surface area contributed by atoms with Crippen molar-refractivity contribution in [2.24, 2.45) is 0 Å². The molecule has 1 heterocycles. The van der Waals surface area contributed by atoms with Crippen molar-refractivity contribution in [1.29, 1.82) is 0 Å². The number of aryl methyl sites for hydroxylation is 1. The topological polar surface area (TPSA) is 68.5 Å². The van der Waals surface area contributed by atoms with E-state index in [2.05, 4.69) is 0 Å². The summed E-state index contributed by atoms with van der Waals surface area (Å²) in [5.74, 6) is -0.527. The first-order chi connectivity index (χ1) is 8.04. The minimum absolute atomic E-state index is 0.282. The number of hydrogen-bond donors (Lipinski definition) is 1. The van der Waals surface area contributed by atoms with Gasteiger partial charge in [-0.05, 0) is 18.6 Å². The van der Waals surface area contributed by atoms with Crippen LogP contribution in [-0.2, 0) is 11.3 Å². The molecule has 0 fully saturated rings. The molecule has 0 saturated carbocycles. The zero-order valence-corrected chi connectivity index (χ0v) is 10.2. The second kappa shape index (κ2) is 4.21. The number of hydrogen-bond acceptors (Lipinski definition) is 4. The van der Waals surface area contributed by atoms with Crippen LogP contribution in [0.1, 0.15) is 5.56 Å². The van der Waals surface area contributed by atoms with Crippen LogP contribution in [-0.4, -0.2) is 22.8 Å². The number of carbonyl (C=O) groups is 1. The third-order valence-electron chi connectivity index (χ3n) is 2.48. The molecular formula is C11H11NO4S.